The van der Waals surface area contributed by atoms with Gasteiger partial charge in [-0.3, -0.25) is 4.79 Å². The Hall–Kier alpha value is -2.07. The van der Waals surface area contributed by atoms with E-state index in [1.807, 2.05) is 18.2 Å². The topological polar surface area (TPSA) is 47.2 Å². The monoisotopic (exact) mass is 276 g/mol. The Kier molecular flexibility index (Phi) is 4.02. The van der Waals surface area contributed by atoms with E-state index in [0.717, 1.165) is 5.56 Å². The first-order valence-corrected chi connectivity index (χ1v) is 6.13. The molecular formula is C14H13ClN2O2. The van der Waals surface area contributed by atoms with E-state index in [9.17, 15) is 10.0 Å². The Labute approximate surface area is 116 Å². The van der Waals surface area contributed by atoms with Crippen molar-refractivity contribution in [2.45, 2.75) is 6.54 Å². The van der Waals surface area contributed by atoms with Crippen LogP contribution in [-0.2, 0) is 6.54 Å². The van der Waals surface area contributed by atoms with Crippen LogP contribution in [0.15, 0.2) is 48.8 Å². The number of rotatable bonds is 3. The van der Waals surface area contributed by atoms with Crippen LogP contribution in [0.1, 0.15) is 15.9 Å². The van der Waals surface area contributed by atoms with Crippen molar-refractivity contribution in [2.24, 2.45) is 0 Å². The lowest BCUT2D eigenvalue weighted by Crippen LogP contribution is -2.29. The smallest absolute Gasteiger partial charge is 0.254 e. The molecule has 2 aromatic rings. The fourth-order valence-corrected chi connectivity index (χ4v) is 1.93. The molecule has 0 aliphatic heterocycles. The molecule has 1 aromatic heterocycles. The number of amides is 1. The highest BCUT2D eigenvalue weighted by molar-refractivity contribution is 6.31. The van der Waals surface area contributed by atoms with Gasteiger partial charge in [-0.25, -0.2) is 0 Å². The normalized spacial score (nSPS) is 10.2. The molecule has 19 heavy (non-hydrogen) atoms. The van der Waals surface area contributed by atoms with Gasteiger partial charge in [0.15, 0.2) is 12.4 Å². The van der Waals surface area contributed by atoms with E-state index in [0.29, 0.717) is 21.9 Å². The summed E-state index contributed by atoms with van der Waals surface area (Å²) in [7, 11) is 1.70. The molecule has 98 valence electrons. The fraction of sp³-hybridized carbons (Fsp3) is 0.143. The van der Waals surface area contributed by atoms with E-state index in [4.69, 9.17) is 11.6 Å². The molecule has 0 spiro atoms. The van der Waals surface area contributed by atoms with E-state index in [2.05, 4.69) is 0 Å². The maximum absolute atomic E-state index is 12.1. The van der Waals surface area contributed by atoms with Crippen molar-refractivity contribution in [2.75, 3.05) is 7.05 Å². The van der Waals surface area contributed by atoms with Crippen molar-refractivity contribution in [3.63, 3.8) is 0 Å². The van der Waals surface area contributed by atoms with Gasteiger partial charge in [0, 0.05) is 30.7 Å². The summed E-state index contributed by atoms with van der Waals surface area (Å²) in [6.07, 6.45) is 2.60. The highest BCUT2D eigenvalue weighted by Crippen LogP contribution is 2.17. The number of hydrogen-bond donors (Lipinski definition) is 0. The van der Waals surface area contributed by atoms with Gasteiger partial charge in [-0.1, -0.05) is 29.8 Å². The summed E-state index contributed by atoms with van der Waals surface area (Å²) >= 11 is 6.06. The van der Waals surface area contributed by atoms with Gasteiger partial charge in [0.05, 0.1) is 5.56 Å². The molecule has 4 nitrogen and oxygen atoms in total. The predicted molar refractivity (Wildman–Crippen MR) is 72.7 cm³/mol. The summed E-state index contributed by atoms with van der Waals surface area (Å²) in [6, 6.07) is 10.4. The minimum Gasteiger partial charge on any atom is -0.619 e. The Morgan fingerprint density at radius 3 is 2.53 bits per heavy atom. The average Bonchev–Trinajstić information content (AvgIpc) is 2.41. The molecule has 1 aromatic carbocycles. The summed E-state index contributed by atoms with van der Waals surface area (Å²) in [5, 5.41) is 11.6. The van der Waals surface area contributed by atoms with E-state index >= 15 is 0 Å². The predicted octanol–water partition coefficient (Wildman–Crippen LogP) is 2.25. The number of pyridine rings is 1. The molecule has 0 fully saturated rings. The lowest BCUT2D eigenvalue weighted by molar-refractivity contribution is -0.605. The molecule has 0 N–H and O–H groups in total. The van der Waals surface area contributed by atoms with E-state index < -0.39 is 0 Å². The third kappa shape index (κ3) is 3.23. The van der Waals surface area contributed by atoms with Gasteiger partial charge in [-0.2, -0.15) is 4.73 Å². The molecule has 0 aliphatic rings. The molecule has 0 atom stereocenters. The molecule has 1 heterocycles. The molecule has 0 saturated heterocycles. The molecule has 1 amide bonds. The van der Waals surface area contributed by atoms with Crippen LogP contribution in [0, 0.1) is 5.21 Å². The molecule has 2 rings (SSSR count). The first kappa shape index (κ1) is 13.4. The fourth-order valence-electron chi connectivity index (χ4n) is 1.73. The summed E-state index contributed by atoms with van der Waals surface area (Å²) in [6.45, 7) is 0.421. The van der Waals surface area contributed by atoms with Gasteiger partial charge in [0.25, 0.3) is 5.91 Å². The van der Waals surface area contributed by atoms with E-state index in [-0.39, 0.29) is 5.91 Å². The zero-order valence-electron chi connectivity index (χ0n) is 10.4. The maximum atomic E-state index is 12.1. The third-order valence-corrected chi connectivity index (χ3v) is 3.13. The van der Waals surface area contributed by atoms with Crippen LogP contribution in [0.3, 0.4) is 0 Å². The van der Waals surface area contributed by atoms with Gasteiger partial charge in [-0.05, 0) is 11.6 Å². The second-order valence-electron chi connectivity index (χ2n) is 4.20. The Balaban J connectivity index is 2.12. The van der Waals surface area contributed by atoms with Crippen molar-refractivity contribution in [3.05, 3.63) is 70.1 Å². The number of benzene rings is 1. The zero-order chi connectivity index (χ0) is 13.8. The lowest BCUT2D eigenvalue weighted by atomic mass is 10.2. The van der Waals surface area contributed by atoms with Gasteiger partial charge in [-0.15, -0.1) is 0 Å². The molecule has 0 saturated carbocycles. The van der Waals surface area contributed by atoms with Crippen LogP contribution in [0.25, 0.3) is 0 Å². The Morgan fingerprint density at radius 2 is 1.89 bits per heavy atom. The number of nitrogens with zero attached hydrogens (tertiary/aromatic N) is 2. The van der Waals surface area contributed by atoms with Crippen LogP contribution in [0.4, 0.5) is 0 Å². The van der Waals surface area contributed by atoms with Crippen molar-refractivity contribution in [3.8, 4) is 0 Å². The zero-order valence-corrected chi connectivity index (χ0v) is 11.2. The van der Waals surface area contributed by atoms with E-state index in [1.165, 1.54) is 24.5 Å². The van der Waals surface area contributed by atoms with Crippen molar-refractivity contribution >= 4 is 17.5 Å². The van der Waals surface area contributed by atoms with Crippen LogP contribution in [0.2, 0.25) is 5.02 Å². The van der Waals surface area contributed by atoms with Gasteiger partial charge in [0.2, 0.25) is 0 Å². The quantitative estimate of drug-likeness (QED) is 0.638. The SMILES string of the molecule is CN(Cc1ccccc1Cl)C(=O)c1cc[n+]([O-])cc1. The molecular weight excluding hydrogens is 264 g/mol. The van der Waals surface area contributed by atoms with Crippen molar-refractivity contribution < 1.29 is 9.52 Å². The summed E-state index contributed by atoms with van der Waals surface area (Å²) in [5.74, 6) is -0.152. The largest absolute Gasteiger partial charge is 0.619 e. The molecule has 5 heteroatoms. The molecule has 0 unspecified atom stereocenters. The van der Waals surface area contributed by atoms with Gasteiger partial charge in [0.1, 0.15) is 0 Å². The number of carbonyl (C=O) groups is 1. The first-order chi connectivity index (χ1) is 9.08. The van der Waals surface area contributed by atoms with Crippen LogP contribution in [0.5, 0.6) is 0 Å². The minimum atomic E-state index is -0.152. The highest BCUT2D eigenvalue weighted by Gasteiger charge is 2.13. The first-order valence-electron chi connectivity index (χ1n) is 5.75. The standard InChI is InChI=1S/C14H13ClN2O2/c1-16(10-12-4-2-3-5-13(12)15)14(18)11-6-8-17(19)9-7-11/h2-9H,10H2,1H3. The number of hydrogen-bond acceptors (Lipinski definition) is 2. The molecule has 0 radical (unpaired) electrons. The second-order valence-corrected chi connectivity index (χ2v) is 4.61. The maximum Gasteiger partial charge on any atom is 0.254 e. The van der Waals surface area contributed by atoms with Crippen molar-refractivity contribution in [1.29, 1.82) is 0 Å². The Bertz CT molecular complexity index is 584. The van der Waals surface area contributed by atoms with Crippen LogP contribution < -0.4 is 4.73 Å². The molecule has 0 aliphatic carbocycles. The summed E-state index contributed by atoms with van der Waals surface area (Å²) < 4.78 is 0.644. The number of carbonyl (C=O) groups excluding carboxylic acids is 1. The van der Waals surface area contributed by atoms with E-state index in [1.54, 1.807) is 18.0 Å². The van der Waals surface area contributed by atoms with Gasteiger partial charge >= 0.3 is 0 Å². The second kappa shape index (κ2) is 5.71. The molecule has 0 bridgehead atoms. The summed E-state index contributed by atoms with van der Waals surface area (Å²) in [4.78, 5) is 13.7. The minimum absolute atomic E-state index is 0.152. The number of halogens is 1. The summed E-state index contributed by atoms with van der Waals surface area (Å²) in [5.41, 5.74) is 1.36. The third-order valence-electron chi connectivity index (χ3n) is 2.76. The van der Waals surface area contributed by atoms with Crippen molar-refractivity contribution in [1.82, 2.24) is 4.90 Å². The number of aromatic nitrogens is 1. The van der Waals surface area contributed by atoms with Gasteiger partial charge < -0.3 is 10.1 Å². The Morgan fingerprint density at radius 1 is 1.26 bits per heavy atom. The van der Waals surface area contributed by atoms with Crippen LogP contribution >= 0.6 is 11.6 Å². The highest BCUT2D eigenvalue weighted by atomic mass is 35.5. The van der Waals surface area contributed by atoms with Crippen LogP contribution in [-0.4, -0.2) is 17.9 Å². The lowest BCUT2D eigenvalue weighted by Gasteiger charge is -2.17. The average molecular weight is 277 g/mol.